The maximum absolute atomic E-state index is 14.5. The normalized spacial score (nSPS) is 31.9. The number of rotatable bonds is 8. The summed E-state index contributed by atoms with van der Waals surface area (Å²) in [7, 11) is 1.54. The zero-order valence-electron chi connectivity index (χ0n) is 23.5. The molecule has 2 aromatic heterocycles. The summed E-state index contributed by atoms with van der Waals surface area (Å²) in [5.74, 6) is 1.87. The molecule has 3 aromatic rings. The van der Waals surface area contributed by atoms with Gasteiger partial charge < -0.3 is 14.2 Å². The second-order valence-electron chi connectivity index (χ2n) is 13.3. The van der Waals surface area contributed by atoms with Crippen LogP contribution in [0.1, 0.15) is 89.3 Å². The van der Waals surface area contributed by atoms with Gasteiger partial charge in [-0.2, -0.15) is 4.98 Å². The average molecular weight is 546 g/mol. The lowest BCUT2D eigenvalue weighted by atomic mass is 9.41. The lowest BCUT2D eigenvalue weighted by molar-refractivity contribution is -0.211. The Morgan fingerprint density at radius 3 is 2.30 bits per heavy atom. The predicted octanol–water partition coefficient (Wildman–Crippen LogP) is 6.18. The number of fused-ring (bicyclic) bond motifs is 3. The van der Waals surface area contributed by atoms with E-state index < -0.39 is 11.1 Å². The molecule has 6 saturated carbocycles. The first-order chi connectivity index (χ1) is 19.2. The first-order valence-corrected chi connectivity index (χ1v) is 14.5. The third-order valence-corrected chi connectivity index (χ3v) is 10.3. The fourth-order valence-electron chi connectivity index (χ4n) is 7.72. The molecule has 9 rings (SSSR count). The lowest BCUT2D eigenvalue weighted by Crippen LogP contribution is -2.71. The van der Waals surface area contributed by atoms with Crippen molar-refractivity contribution < 1.29 is 18.4 Å². The van der Waals surface area contributed by atoms with Gasteiger partial charge in [0.05, 0.1) is 12.5 Å². The van der Waals surface area contributed by atoms with Crippen LogP contribution in [0.25, 0.3) is 11.1 Å². The van der Waals surface area contributed by atoms with E-state index in [2.05, 4.69) is 29.0 Å². The molecule has 4 bridgehead atoms. The second kappa shape index (κ2) is 8.82. The molecule has 0 atom stereocenters. The number of benzene rings is 1. The highest BCUT2D eigenvalue weighted by molar-refractivity contribution is 6.00. The van der Waals surface area contributed by atoms with E-state index in [1.807, 2.05) is 29.2 Å². The van der Waals surface area contributed by atoms with Crippen molar-refractivity contribution in [3.8, 4) is 17.1 Å². The smallest absolute Gasteiger partial charge is 0.316 e. The number of amides is 1. The van der Waals surface area contributed by atoms with Gasteiger partial charge in [-0.15, -0.1) is 0 Å². The van der Waals surface area contributed by atoms with Crippen LogP contribution in [0.15, 0.2) is 41.2 Å². The minimum atomic E-state index is -1.13. The number of anilines is 1. The molecule has 0 aliphatic heterocycles. The van der Waals surface area contributed by atoms with Gasteiger partial charge in [0, 0.05) is 41.5 Å². The van der Waals surface area contributed by atoms with Crippen molar-refractivity contribution in [1.82, 2.24) is 20.1 Å². The minimum Gasteiger partial charge on any atom is -0.467 e. The van der Waals surface area contributed by atoms with Crippen LogP contribution >= 0.6 is 0 Å². The van der Waals surface area contributed by atoms with Crippen molar-refractivity contribution in [1.29, 1.82) is 0 Å². The summed E-state index contributed by atoms with van der Waals surface area (Å²) in [5, 5.41) is 4.24. The van der Waals surface area contributed by atoms with Gasteiger partial charge in [0.2, 0.25) is 11.8 Å². The van der Waals surface area contributed by atoms with Crippen molar-refractivity contribution in [2.24, 2.45) is 10.8 Å². The summed E-state index contributed by atoms with van der Waals surface area (Å²) in [6.45, 7) is 4.81. The molecular weight excluding hydrogens is 509 g/mol. The molecule has 6 fully saturated rings. The van der Waals surface area contributed by atoms with Crippen molar-refractivity contribution in [3.05, 3.63) is 48.4 Å². The van der Waals surface area contributed by atoms with E-state index in [1.54, 1.807) is 12.4 Å². The molecule has 2 heterocycles. The van der Waals surface area contributed by atoms with Crippen LogP contribution in [0.5, 0.6) is 6.01 Å². The van der Waals surface area contributed by atoms with Gasteiger partial charge in [0.25, 0.3) is 0 Å². The fraction of sp³-hybridized carbons (Fsp3) is 0.581. The summed E-state index contributed by atoms with van der Waals surface area (Å²) in [6, 6.07) is 8.32. The summed E-state index contributed by atoms with van der Waals surface area (Å²) in [4.78, 5) is 29.4. The maximum atomic E-state index is 14.5. The number of hydrogen-bond donors (Lipinski definition) is 0. The van der Waals surface area contributed by atoms with Gasteiger partial charge in [-0.1, -0.05) is 31.1 Å². The van der Waals surface area contributed by atoms with Crippen LogP contribution < -0.4 is 9.64 Å². The van der Waals surface area contributed by atoms with Crippen LogP contribution in [0.3, 0.4) is 0 Å². The number of ether oxygens (including phenoxy) is 1. The molecule has 40 heavy (non-hydrogen) atoms. The van der Waals surface area contributed by atoms with E-state index in [1.165, 1.54) is 7.11 Å². The van der Waals surface area contributed by atoms with Crippen molar-refractivity contribution >= 4 is 11.6 Å². The van der Waals surface area contributed by atoms with Gasteiger partial charge in [0.1, 0.15) is 5.67 Å². The number of carbonyl (C=O) groups excluding carboxylic acids is 1. The number of aromatic nitrogens is 4. The summed E-state index contributed by atoms with van der Waals surface area (Å²) in [5.41, 5.74) is 0.922. The zero-order chi connectivity index (χ0) is 27.8. The van der Waals surface area contributed by atoms with Gasteiger partial charge in [-0.3, -0.25) is 4.79 Å². The average Bonchev–Trinajstić information content (AvgIpc) is 3.47. The number of carbonyl (C=O) groups is 1. The zero-order valence-corrected chi connectivity index (χ0v) is 23.5. The monoisotopic (exact) mass is 545 g/mol. The number of methoxy groups -OCH3 is 1. The number of nitrogens with zero attached hydrogens (tertiary/aromatic N) is 5. The summed E-state index contributed by atoms with van der Waals surface area (Å²) in [6.07, 6.45) is 10.5. The van der Waals surface area contributed by atoms with Crippen molar-refractivity contribution in [3.63, 3.8) is 0 Å². The Morgan fingerprint density at radius 2 is 1.73 bits per heavy atom. The largest absolute Gasteiger partial charge is 0.467 e. The number of alkyl halides is 1. The van der Waals surface area contributed by atoms with Crippen LogP contribution in [-0.4, -0.2) is 45.3 Å². The highest BCUT2D eigenvalue weighted by Crippen LogP contribution is 2.70. The van der Waals surface area contributed by atoms with Crippen LogP contribution in [0, 0.1) is 10.8 Å². The van der Waals surface area contributed by atoms with Gasteiger partial charge in [-0.25, -0.2) is 14.4 Å². The number of hydrogen-bond acceptors (Lipinski definition) is 7. The number of halogens is 1. The fourth-order valence-corrected chi connectivity index (χ4v) is 7.72. The molecule has 0 spiro atoms. The van der Waals surface area contributed by atoms with Gasteiger partial charge in [-0.05, 0) is 80.9 Å². The molecule has 210 valence electrons. The third-order valence-electron chi connectivity index (χ3n) is 10.3. The molecule has 0 N–H and O–H groups in total. The van der Waals surface area contributed by atoms with E-state index in [9.17, 15) is 9.18 Å². The molecule has 6 aliphatic carbocycles. The van der Waals surface area contributed by atoms with Crippen molar-refractivity contribution in [2.75, 3.05) is 18.6 Å². The van der Waals surface area contributed by atoms with Crippen LogP contribution in [0.4, 0.5) is 10.1 Å². The van der Waals surface area contributed by atoms with E-state index in [0.717, 1.165) is 67.1 Å². The maximum Gasteiger partial charge on any atom is 0.316 e. The topological polar surface area (TPSA) is 94.2 Å². The standard InChI is InChI=1S/C31H36FN5O3/c1-20(2)24-35-25(40-36-24)29-10-7-28(8-11-29,9-12-29)19-37(26(38)30-16-31(32,17-30)18-30)23-6-4-5-21(13-23)22-14-33-27(39-3)34-15-22/h4-6,13-15,20H,7-12,16-19H2,1-3H3. The predicted molar refractivity (Wildman–Crippen MR) is 147 cm³/mol. The Morgan fingerprint density at radius 1 is 1.05 bits per heavy atom. The Hall–Kier alpha value is -3.36. The van der Waals surface area contributed by atoms with Gasteiger partial charge in [0.15, 0.2) is 5.82 Å². The Kier molecular flexibility index (Phi) is 5.64. The van der Waals surface area contributed by atoms with E-state index in [0.29, 0.717) is 31.8 Å². The molecular formula is C31H36FN5O3. The summed E-state index contributed by atoms with van der Waals surface area (Å²) >= 11 is 0. The first kappa shape index (κ1) is 25.6. The quantitative estimate of drug-likeness (QED) is 0.334. The van der Waals surface area contributed by atoms with E-state index in [-0.39, 0.29) is 22.7 Å². The molecule has 0 unspecified atom stereocenters. The van der Waals surface area contributed by atoms with Crippen LogP contribution in [0.2, 0.25) is 0 Å². The van der Waals surface area contributed by atoms with Crippen molar-refractivity contribution in [2.45, 2.75) is 88.6 Å². The van der Waals surface area contributed by atoms with E-state index >= 15 is 0 Å². The minimum absolute atomic E-state index is 0.0223. The summed E-state index contributed by atoms with van der Waals surface area (Å²) < 4.78 is 25.4. The highest BCUT2D eigenvalue weighted by Gasteiger charge is 2.73. The Balaban J connectivity index is 1.16. The highest BCUT2D eigenvalue weighted by atomic mass is 19.1. The Bertz CT molecular complexity index is 1410. The SMILES string of the molecule is COc1ncc(-c2cccc(N(CC34CCC(c5nc(C(C)C)no5)(CC3)CC4)C(=O)C34CC(F)(C3)C4)c2)cn1. The molecule has 1 aromatic carbocycles. The molecule has 0 radical (unpaired) electrons. The first-order valence-electron chi connectivity index (χ1n) is 14.5. The third kappa shape index (κ3) is 3.95. The second-order valence-corrected chi connectivity index (χ2v) is 13.3. The molecule has 9 heteroatoms. The van der Waals surface area contributed by atoms with Gasteiger partial charge >= 0.3 is 6.01 Å². The molecule has 6 aliphatic rings. The van der Waals surface area contributed by atoms with Crippen LogP contribution in [-0.2, 0) is 10.2 Å². The van der Waals surface area contributed by atoms with E-state index in [4.69, 9.17) is 14.2 Å². The lowest BCUT2D eigenvalue weighted by Gasteiger charge is -2.65. The molecule has 8 nitrogen and oxygen atoms in total. The molecule has 0 saturated heterocycles. The molecule has 1 amide bonds. The Labute approximate surface area is 233 Å².